The number of hydrogen-bond donors (Lipinski definition) is 1. The standard InChI is InChI=1S/C24H29N3O3/c1-4-30-21-12-8-17(9-13-21)15-26(3)16-27-22(28)24(2,25-23(27)29)20-11-10-18-6-5-7-19(18)14-20/h8-14H,4-7,15-16H2,1-3H3,(H,25,29). The van der Waals surface area contributed by atoms with Crippen molar-refractivity contribution in [1.29, 1.82) is 0 Å². The first-order valence-corrected chi connectivity index (χ1v) is 10.6. The van der Waals surface area contributed by atoms with Gasteiger partial charge in [-0.05, 0) is 74.5 Å². The second-order valence-corrected chi connectivity index (χ2v) is 8.36. The maximum absolute atomic E-state index is 13.2. The lowest BCUT2D eigenvalue weighted by Crippen LogP contribution is -2.42. The number of urea groups is 1. The summed E-state index contributed by atoms with van der Waals surface area (Å²) in [6, 6.07) is 13.7. The molecule has 6 heteroatoms. The molecule has 1 saturated heterocycles. The number of carbonyl (C=O) groups is 2. The molecule has 1 fully saturated rings. The van der Waals surface area contributed by atoms with E-state index >= 15 is 0 Å². The molecule has 0 aromatic heterocycles. The van der Waals surface area contributed by atoms with E-state index in [2.05, 4.69) is 17.4 Å². The van der Waals surface area contributed by atoms with Crippen LogP contribution in [0, 0.1) is 0 Å². The van der Waals surface area contributed by atoms with E-state index in [0.29, 0.717) is 13.2 Å². The summed E-state index contributed by atoms with van der Waals surface area (Å²) in [4.78, 5) is 29.2. The Balaban J connectivity index is 1.44. The molecule has 2 aromatic carbocycles. The van der Waals surface area contributed by atoms with Crippen LogP contribution in [0.15, 0.2) is 42.5 Å². The number of amides is 3. The average Bonchev–Trinajstić information content (AvgIpc) is 3.28. The van der Waals surface area contributed by atoms with Crippen molar-refractivity contribution in [2.75, 3.05) is 20.3 Å². The van der Waals surface area contributed by atoms with Gasteiger partial charge in [0.15, 0.2) is 0 Å². The first kappa shape index (κ1) is 20.4. The van der Waals surface area contributed by atoms with Crippen LogP contribution in [0.25, 0.3) is 0 Å². The van der Waals surface area contributed by atoms with Crippen LogP contribution < -0.4 is 10.1 Å². The van der Waals surface area contributed by atoms with Gasteiger partial charge in [0, 0.05) is 6.54 Å². The average molecular weight is 408 g/mol. The molecule has 1 atom stereocenters. The Kier molecular flexibility index (Phi) is 5.52. The van der Waals surface area contributed by atoms with E-state index in [9.17, 15) is 9.59 Å². The third kappa shape index (κ3) is 3.79. The number of nitrogens with one attached hydrogen (secondary N) is 1. The van der Waals surface area contributed by atoms with Gasteiger partial charge in [-0.15, -0.1) is 0 Å². The molecule has 30 heavy (non-hydrogen) atoms. The molecular weight excluding hydrogens is 378 g/mol. The summed E-state index contributed by atoms with van der Waals surface area (Å²) < 4.78 is 5.47. The molecular formula is C24H29N3O3. The van der Waals surface area contributed by atoms with Gasteiger partial charge in [-0.25, -0.2) is 9.69 Å². The summed E-state index contributed by atoms with van der Waals surface area (Å²) in [6.45, 7) is 5.25. The van der Waals surface area contributed by atoms with Gasteiger partial charge in [-0.1, -0.05) is 30.3 Å². The third-order valence-electron chi connectivity index (χ3n) is 6.02. The van der Waals surface area contributed by atoms with Crippen molar-refractivity contribution in [3.05, 3.63) is 64.7 Å². The van der Waals surface area contributed by atoms with E-state index in [1.807, 2.05) is 49.2 Å². The fraction of sp³-hybridized carbons (Fsp3) is 0.417. The van der Waals surface area contributed by atoms with Crippen molar-refractivity contribution in [2.24, 2.45) is 0 Å². The lowest BCUT2D eigenvalue weighted by atomic mass is 9.90. The quantitative estimate of drug-likeness (QED) is 0.715. The molecule has 0 spiro atoms. The molecule has 0 bridgehead atoms. The second kappa shape index (κ2) is 8.11. The van der Waals surface area contributed by atoms with E-state index in [4.69, 9.17) is 4.74 Å². The van der Waals surface area contributed by atoms with Gasteiger partial charge in [0.25, 0.3) is 5.91 Å². The Bertz CT molecular complexity index is 957. The predicted molar refractivity (Wildman–Crippen MR) is 115 cm³/mol. The molecule has 158 valence electrons. The molecule has 1 N–H and O–H groups in total. The molecule has 1 aliphatic carbocycles. The van der Waals surface area contributed by atoms with Gasteiger partial charge < -0.3 is 10.1 Å². The summed E-state index contributed by atoms with van der Waals surface area (Å²) in [5.41, 5.74) is 3.58. The zero-order valence-electron chi connectivity index (χ0n) is 17.9. The summed E-state index contributed by atoms with van der Waals surface area (Å²) in [5, 5.41) is 2.92. The number of benzene rings is 2. The number of ether oxygens (including phenoxy) is 1. The van der Waals surface area contributed by atoms with Crippen LogP contribution in [0.5, 0.6) is 5.75 Å². The molecule has 2 aromatic rings. The number of aryl methyl sites for hydroxylation is 2. The van der Waals surface area contributed by atoms with Crippen molar-refractivity contribution in [3.8, 4) is 5.75 Å². The number of hydrogen-bond acceptors (Lipinski definition) is 4. The molecule has 3 amide bonds. The van der Waals surface area contributed by atoms with Crippen molar-refractivity contribution >= 4 is 11.9 Å². The van der Waals surface area contributed by atoms with Crippen LogP contribution in [0.4, 0.5) is 4.79 Å². The zero-order chi connectivity index (χ0) is 21.3. The topological polar surface area (TPSA) is 61.9 Å². The van der Waals surface area contributed by atoms with Gasteiger partial charge in [0.1, 0.15) is 11.3 Å². The highest BCUT2D eigenvalue weighted by Gasteiger charge is 2.49. The minimum Gasteiger partial charge on any atom is -0.494 e. The Morgan fingerprint density at radius 3 is 2.57 bits per heavy atom. The monoisotopic (exact) mass is 407 g/mol. The molecule has 0 saturated carbocycles. The molecule has 6 nitrogen and oxygen atoms in total. The number of nitrogens with zero attached hydrogens (tertiary/aromatic N) is 2. The first-order valence-electron chi connectivity index (χ1n) is 10.6. The van der Waals surface area contributed by atoms with Crippen molar-refractivity contribution < 1.29 is 14.3 Å². The van der Waals surface area contributed by atoms with Gasteiger partial charge in [-0.3, -0.25) is 9.69 Å². The van der Waals surface area contributed by atoms with Crippen LogP contribution in [0.1, 0.15) is 42.5 Å². The van der Waals surface area contributed by atoms with Gasteiger partial charge in [-0.2, -0.15) is 0 Å². The summed E-state index contributed by atoms with van der Waals surface area (Å²) in [6.07, 6.45) is 3.28. The van der Waals surface area contributed by atoms with Crippen LogP contribution in [0.2, 0.25) is 0 Å². The van der Waals surface area contributed by atoms with E-state index in [0.717, 1.165) is 36.1 Å². The Hall–Kier alpha value is -2.86. The SMILES string of the molecule is CCOc1ccc(CN(C)CN2C(=O)NC(C)(c3ccc4c(c3)CCC4)C2=O)cc1. The minimum absolute atomic E-state index is 0.205. The van der Waals surface area contributed by atoms with Crippen molar-refractivity contribution in [1.82, 2.24) is 15.1 Å². The summed E-state index contributed by atoms with van der Waals surface area (Å²) >= 11 is 0. The second-order valence-electron chi connectivity index (χ2n) is 8.36. The normalized spacial score (nSPS) is 20.6. The van der Waals surface area contributed by atoms with Crippen molar-refractivity contribution in [2.45, 2.75) is 45.2 Å². The number of rotatable bonds is 7. The highest BCUT2D eigenvalue weighted by Crippen LogP contribution is 2.32. The van der Waals surface area contributed by atoms with Crippen LogP contribution >= 0.6 is 0 Å². The molecule has 1 heterocycles. The van der Waals surface area contributed by atoms with Crippen LogP contribution in [-0.4, -0.2) is 42.1 Å². The van der Waals surface area contributed by atoms with E-state index in [1.54, 1.807) is 6.92 Å². The highest BCUT2D eigenvalue weighted by atomic mass is 16.5. The Labute approximate surface area is 177 Å². The number of carbonyl (C=O) groups excluding carboxylic acids is 2. The lowest BCUT2D eigenvalue weighted by Gasteiger charge is -2.25. The summed E-state index contributed by atoms with van der Waals surface area (Å²) in [7, 11) is 1.90. The Morgan fingerprint density at radius 2 is 1.83 bits per heavy atom. The van der Waals surface area contributed by atoms with E-state index < -0.39 is 5.54 Å². The predicted octanol–water partition coefficient (Wildman–Crippen LogP) is 3.43. The lowest BCUT2D eigenvalue weighted by molar-refractivity contribution is -0.132. The van der Waals surface area contributed by atoms with E-state index in [1.165, 1.54) is 16.0 Å². The van der Waals surface area contributed by atoms with Gasteiger partial charge in [0.2, 0.25) is 0 Å². The fourth-order valence-corrected chi connectivity index (χ4v) is 4.36. The largest absolute Gasteiger partial charge is 0.494 e. The van der Waals surface area contributed by atoms with Gasteiger partial charge >= 0.3 is 6.03 Å². The Morgan fingerprint density at radius 1 is 1.10 bits per heavy atom. The first-order chi connectivity index (χ1) is 14.4. The molecule has 4 rings (SSSR count). The fourth-order valence-electron chi connectivity index (χ4n) is 4.36. The van der Waals surface area contributed by atoms with E-state index in [-0.39, 0.29) is 18.6 Å². The number of imide groups is 1. The minimum atomic E-state index is -1.02. The van der Waals surface area contributed by atoms with Crippen molar-refractivity contribution in [3.63, 3.8) is 0 Å². The molecule has 2 aliphatic rings. The zero-order valence-corrected chi connectivity index (χ0v) is 17.9. The smallest absolute Gasteiger partial charge is 0.326 e. The maximum atomic E-state index is 13.2. The molecule has 1 unspecified atom stereocenters. The molecule has 0 radical (unpaired) electrons. The number of fused-ring (bicyclic) bond motifs is 1. The third-order valence-corrected chi connectivity index (χ3v) is 6.02. The summed E-state index contributed by atoms with van der Waals surface area (Å²) in [5.74, 6) is 0.632. The van der Waals surface area contributed by atoms with Gasteiger partial charge in [0.05, 0.1) is 13.3 Å². The van der Waals surface area contributed by atoms with Crippen LogP contribution in [0.3, 0.4) is 0 Å². The maximum Gasteiger partial charge on any atom is 0.326 e. The molecule has 1 aliphatic heterocycles. The highest BCUT2D eigenvalue weighted by molar-refractivity contribution is 6.07. The van der Waals surface area contributed by atoms with Crippen LogP contribution in [-0.2, 0) is 29.7 Å².